The lowest BCUT2D eigenvalue weighted by molar-refractivity contribution is -0.870. The van der Waals surface area contributed by atoms with Crippen molar-refractivity contribution in [2.75, 3.05) is 34.3 Å². The zero-order valence-corrected chi connectivity index (χ0v) is 11.0. The smallest absolute Gasteiger partial charge is 0.374 e. The van der Waals surface area contributed by atoms with Gasteiger partial charge in [0.2, 0.25) is 5.76 Å². The fourth-order valence-electron chi connectivity index (χ4n) is 1.06. The predicted molar refractivity (Wildman–Crippen MR) is 57.8 cm³/mol. The molecule has 0 radical (unpaired) electrons. The number of furan rings is 1. The van der Waals surface area contributed by atoms with E-state index < -0.39 is 5.97 Å². The Morgan fingerprint density at radius 2 is 2.06 bits per heavy atom. The quantitative estimate of drug-likeness (QED) is 0.477. The highest BCUT2D eigenvalue weighted by Gasteiger charge is 2.14. The van der Waals surface area contributed by atoms with Gasteiger partial charge in [-0.05, 0) is 12.1 Å². The molecule has 0 aliphatic carbocycles. The summed E-state index contributed by atoms with van der Waals surface area (Å²) in [6.07, 6.45) is 0. The van der Waals surface area contributed by atoms with E-state index in [9.17, 15) is 4.79 Å². The van der Waals surface area contributed by atoms with E-state index in [0.29, 0.717) is 12.4 Å². The number of nitrogens with zero attached hydrogens (tertiary/aromatic N) is 1. The molecule has 1 heterocycles. The Morgan fingerprint density at radius 3 is 2.53 bits per heavy atom. The minimum absolute atomic E-state index is 0. The van der Waals surface area contributed by atoms with Crippen LogP contribution in [0.2, 0.25) is 0 Å². The number of aliphatic hydroxyl groups is 1. The van der Waals surface area contributed by atoms with E-state index in [2.05, 4.69) is 0 Å². The summed E-state index contributed by atoms with van der Waals surface area (Å²) in [6, 6.07) is 3.05. The Hall–Kier alpha value is -1.04. The zero-order valence-electron chi connectivity index (χ0n) is 10.3. The molecule has 1 aromatic rings. The topological polar surface area (TPSA) is 59.7 Å². The van der Waals surface area contributed by atoms with Gasteiger partial charge in [0, 0.05) is 0 Å². The lowest BCUT2D eigenvalue weighted by Gasteiger charge is -2.23. The number of hydrogen-bond donors (Lipinski definition) is 1. The van der Waals surface area contributed by atoms with Crippen LogP contribution in [0.25, 0.3) is 0 Å². The molecule has 0 aromatic carbocycles. The van der Waals surface area contributed by atoms with E-state index in [1.807, 2.05) is 21.1 Å². The molecule has 0 amide bonds. The van der Waals surface area contributed by atoms with Gasteiger partial charge in [-0.15, -0.1) is 0 Å². The summed E-state index contributed by atoms with van der Waals surface area (Å²) in [6.45, 7) is 0.864. The average molecular weight is 264 g/mol. The van der Waals surface area contributed by atoms with E-state index in [4.69, 9.17) is 14.3 Å². The van der Waals surface area contributed by atoms with Gasteiger partial charge >= 0.3 is 5.97 Å². The number of aliphatic hydroxyl groups excluding tert-OH is 1. The first-order valence-corrected chi connectivity index (χ1v) is 5.09. The van der Waals surface area contributed by atoms with E-state index >= 15 is 0 Å². The molecule has 6 heteroatoms. The van der Waals surface area contributed by atoms with Crippen molar-refractivity contribution in [3.8, 4) is 0 Å². The van der Waals surface area contributed by atoms with Gasteiger partial charge in [-0.2, -0.15) is 0 Å². The van der Waals surface area contributed by atoms with Crippen LogP contribution in [0, 0.1) is 0 Å². The molecule has 0 saturated heterocycles. The maximum Gasteiger partial charge on any atom is 0.374 e. The maximum atomic E-state index is 11.5. The van der Waals surface area contributed by atoms with E-state index in [1.165, 1.54) is 6.07 Å². The molecule has 0 bridgehead atoms. The van der Waals surface area contributed by atoms with Gasteiger partial charge in [0.1, 0.15) is 25.5 Å². The van der Waals surface area contributed by atoms with Crippen LogP contribution in [0.4, 0.5) is 0 Å². The van der Waals surface area contributed by atoms with Gasteiger partial charge in [0.25, 0.3) is 0 Å². The van der Waals surface area contributed by atoms with Crippen LogP contribution in [0.3, 0.4) is 0 Å². The first-order chi connectivity index (χ1) is 7.42. The number of halogens is 1. The van der Waals surface area contributed by atoms with Gasteiger partial charge < -0.3 is 31.2 Å². The molecule has 5 nitrogen and oxygen atoms in total. The Balaban J connectivity index is 0.00000256. The van der Waals surface area contributed by atoms with Gasteiger partial charge in [-0.3, -0.25) is 0 Å². The number of hydrogen-bond acceptors (Lipinski definition) is 4. The molecular weight excluding hydrogens is 246 g/mol. The SMILES string of the molecule is C[N+](C)(C)CCOC(=O)c1ccc(CO)o1.[Cl-]. The lowest BCUT2D eigenvalue weighted by atomic mass is 10.4. The van der Waals surface area contributed by atoms with Crippen LogP contribution in [-0.4, -0.2) is 49.9 Å². The third-order valence-electron chi connectivity index (χ3n) is 2.01. The fourth-order valence-corrected chi connectivity index (χ4v) is 1.06. The summed E-state index contributed by atoms with van der Waals surface area (Å²) in [5, 5.41) is 8.77. The summed E-state index contributed by atoms with van der Waals surface area (Å²) < 4.78 is 10.8. The van der Waals surface area contributed by atoms with Crippen LogP contribution in [0.1, 0.15) is 16.3 Å². The second kappa shape index (κ2) is 6.64. The number of rotatable bonds is 5. The highest BCUT2D eigenvalue weighted by Crippen LogP contribution is 2.09. The van der Waals surface area contributed by atoms with Crippen LogP contribution in [-0.2, 0) is 11.3 Å². The highest BCUT2D eigenvalue weighted by molar-refractivity contribution is 5.86. The summed E-state index contributed by atoms with van der Waals surface area (Å²) in [5.41, 5.74) is 0. The van der Waals surface area contributed by atoms with Crippen LogP contribution in [0.5, 0.6) is 0 Å². The Bertz CT molecular complexity index is 357. The Morgan fingerprint density at radius 1 is 1.41 bits per heavy atom. The third kappa shape index (κ3) is 5.72. The molecule has 0 aliphatic rings. The Labute approximate surface area is 107 Å². The van der Waals surface area contributed by atoms with Crippen molar-refractivity contribution in [2.45, 2.75) is 6.61 Å². The monoisotopic (exact) mass is 263 g/mol. The number of likely N-dealkylation sites (N-methyl/N-ethyl adjacent to an activating group) is 1. The molecule has 98 valence electrons. The van der Waals surface area contributed by atoms with Gasteiger partial charge in [0.05, 0.1) is 21.1 Å². The fraction of sp³-hybridized carbons (Fsp3) is 0.545. The normalized spacial score (nSPS) is 10.8. The molecule has 1 rings (SSSR count). The molecule has 17 heavy (non-hydrogen) atoms. The van der Waals surface area contributed by atoms with Crippen molar-refractivity contribution < 1.29 is 35.9 Å². The summed E-state index contributed by atoms with van der Waals surface area (Å²) >= 11 is 0. The summed E-state index contributed by atoms with van der Waals surface area (Å²) in [5.74, 6) is -0.00263. The van der Waals surface area contributed by atoms with Gasteiger partial charge in [-0.25, -0.2) is 4.79 Å². The van der Waals surface area contributed by atoms with E-state index in [0.717, 1.165) is 11.0 Å². The van der Waals surface area contributed by atoms with Crippen molar-refractivity contribution in [3.63, 3.8) is 0 Å². The first-order valence-electron chi connectivity index (χ1n) is 5.09. The Kier molecular flexibility index (Phi) is 6.23. The molecule has 1 N–H and O–H groups in total. The zero-order chi connectivity index (χ0) is 12.2. The predicted octanol–water partition coefficient (Wildman–Crippen LogP) is -2.36. The van der Waals surface area contributed by atoms with Crippen molar-refractivity contribution in [2.24, 2.45) is 0 Å². The number of quaternary nitrogens is 1. The van der Waals surface area contributed by atoms with Crippen LogP contribution in [0.15, 0.2) is 16.5 Å². The second-order valence-electron chi connectivity index (χ2n) is 4.57. The lowest BCUT2D eigenvalue weighted by Crippen LogP contribution is -3.00. The molecule has 1 aromatic heterocycles. The number of carbonyl (C=O) groups excluding carboxylic acids is 1. The second-order valence-corrected chi connectivity index (χ2v) is 4.57. The summed E-state index contributed by atoms with van der Waals surface area (Å²) in [4.78, 5) is 11.5. The largest absolute Gasteiger partial charge is 1.00 e. The van der Waals surface area contributed by atoms with Crippen molar-refractivity contribution in [1.82, 2.24) is 0 Å². The average Bonchev–Trinajstić information content (AvgIpc) is 2.63. The van der Waals surface area contributed by atoms with Crippen molar-refractivity contribution in [1.29, 1.82) is 0 Å². The highest BCUT2D eigenvalue weighted by atomic mass is 35.5. The van der Waals surface area contributed by atoms with Gasteiger partial charge in [0.15, 0.2) is 0 Å². The van der Waals surface area contributed by atoms with Crippen LogP contribution >= 0.6 is 0 Å². The molecule has 0 aliphatic heterocycles. The minimum atomic E-state index is -0.492. The molecule has 0 fully saturated rings. The van der Waals surface area contributed by atoms with Crippen LogP contribution < -0.4 is 12.4 Å². The molecule has 0 atom stereocenters. The minimum Gasteiger partial charge on any atom is -1.00 e. The standard InChI is InChI=1S/C11H18NO4.ClH/c1-12(2,3)6-7-15-11(14)10-5-4-9(8-13)16-10;/h4-5,13H,6-8H2,1-3H3;1H/q+1;/p-1. The maximum absolute atomic E-state index is 11.5. The van der Waals surface area contributed by atoms with Crippen molar-refractivity contribution in [3.05, 3.63) is 23.7 Å². The summed E-state index contributed by atoms with van der Waals surface area (Å²) in [7, 11) is 6.06. The molecular formula is C11H18ClNO4. The number of ether oxygens (including phenoxy) is 1. The number of esters is 1. The molecule has 0 spiro atoms. The third-order valence-corrected chi connectivity index (χ3v) is 2.01. The molecule has 0 unspecified atom stereocenters. The van der Waals surface area contributed by atoms with Crippen molar-refractivity contribution >= 4 is 5.97 Å². The molecule has 0 saturated carbocycles. The first kappa shape index (κ1) is 16.0. The van der Waals surface area contributed by atoms with E-state index in [1.54, 1.807) is 6.07 Å². The number of carbonyl (C=O) groups is 1. The van der Waals surface area contributed by atoms with Gasteiger partial charge in [-0.1, -0.05) is 0 Å². The van der Waals surface area contributed by atoms with E-state index in [-0.39, 0.29) is 24.8 Å².